The third-order valence-corrected chi connectivity index (χ3v) is 2.82. The van der Waals surface area contributed by atoms with Crippen LogP contribution in [-0.2, 0) is 11.2 Å². The Kier molecular flexibility index (Phi) is 4.29. The topological polar surface area (TPSA) is 46.3 Å². The van der Waals surface area contributed by atoms with Crippen LogP contribution in [0.2, 0.25) is 0 Å². The van der Waals surface area contributed by atoms with Crippen molar-refractivity contribution < 1.29 is 4.79 Å². The Hall–Kier alpha value is -0.870. The van der Waals surface area contributed by atoms with E-state index in [0.29, 0.717) is 6.42 Å². The lowest BCUT2D eigenvalue weighted by Crippen LogP contribution is -2.41. The van der Waals surface area contributed by atoms with Crippen LogP contribution in [0.25, 0.3) is 0 Å². The average molecular weight is 271 g/mol. The molecule has 3 nitrogen and oxygen atoms in total. The zero-order valence-corrected chi connectivity index (χ0v) is 10.5. The molecular formula is C11H15BrN2O. The second-order valence-electron chi connectivity index (χ2n) is 3.71. The molecule has 4 heteroatoms. The van der Waals surface area contributed by atoms with Crippen molar-refractivity contribution in [3.05, 3.63) is 34.3 Å². The summed E-state index contributed by atoms with van der Waals surface area (Å²) < 4.78 is 1.03. The lowest BCUT2D eigenvalue weighted by atomic mass is 10.1. The molecule has 0 unspecified atom stereocenters. The molecule has 82 valence electrons. The van der Waals surface area contributed by atoms with Gasteiger partial charge in [-0.1, -0.05) is 28.1 Å². The van der Waals surface area contributed by atoms with Gasteiger partial charge in [-0.05, 0) is 38.2 Å². The van der Waals surface area contributed by atoms with Crippen LogP contribution in [0.4, 0.5) is 0 Å². The van der Waals surface area contributed by atoms with Gasteiger partial charge in [0.25, 0.3) is 0 Å². The van der Waals surface area contributed by atoms with Crippen molar-refractivity contribution >= 4 is 21.8 Å². The van der Waals surface area contributed by atoms with Crippen LogP contribution in [0, 0.1) is 0 Å². The molecule has 0 heterocycles. The van der Waals surface area contributed by atoms with Crippen LogP contribution in [-0.4, -0.2) is 30.9 Å². The number of benzene rings is 1. The fourth-order valence-electron chi connectivity index (χ4n) is 1.38. The van der Waals surface area contributed by atoms with Gasteiger partial charge in [-0.3, -0.25) is 9.69 Å². The van der Waals surface area contributed by atoms with Crippen molar-refractivity contribution in [2.24, 2.45) is 5.73 Å². The van der Waals surface area contributed by atoms with Gasteiger partial charge in [-0.25, -0.2) is 0 Å². The lowest BCUT2D eigenvalue weighted by molar-refractivity contribution is -0.122. The quantitative estimate of drug-likeness (QED) is 0.900. The standard InChI is InChI=1S/C11H15BrN2O/c1-14(2)10(11(13)15)7-8-3-5-9(12)6-4-8/h3-6,10H,7H2,1-2H3,(H2,13,15)/t10-/m0/s1. The maximum atomic E-state index is 11.2. The largest absolute Gasteiger partial charge is 0.368 e. The third kappa shape index (κ3) is 3.64. The van der Waals surface area contributed by atoms with Crippen molar-refractivity contribution in [2.45, 2.75) is 12.5 Å². The maximum absolute atomic E-state index is 11.2. The number of carbonyl (C=O) groups excluding carboxylic acids is 1. The highest BCUT2D eigenvalue weighted by Crippen LogP contribution is 2.12. The Morgan fingerprint density at radius 2 is 1.93 bits per heavy atom. The van der Waals surface area contributed by atoms with E-state index in [9.17, 15) is 4.79 Å². The number of nitrogens with two attached hydrogens (primary N) is 1. The molecule has 0 radical (unpaired) electrons. The van der Waals surface area contributed by atoms with Gasteiger partial charge in [0.1, 0.15) is 0 Å². The number of hydrogen-bond acceptors (Lipinski definition) is 2. The predicted octanol–water partition coefficient (Wildman–Crippen LogP) is 1.41. The smallest absolute Gasteiger partial charge is 0.235 e. The van der Waals surface area contributed by atoms with Crippen molar-refractivity contribution in [2.75, 3.05) is 14.1 Å². The number of amides is 1. The first-order valence-corrected chi connectivity index (χ1v) is 5.50. The summed E-state index contributed by atoms with van der Waals surface area (Å²) in [5, 5.41) is 0. The molecular weight excluding hydrogens is 256 g/mol. The maximum Gasteiger partial charge on any atom is 0.235 e. The highest BCUT2D eigenvalue weighted by Gasteiger charge is 2.17. The first-order chi connectivity index (χ1) is 7.00. The number of carbonyl (C=O) groups is 1. The fourth-order valence-corrected chi connectivity index (χ4v) is 1.65. The van der Waals surface area contributed by atoms with Crippen LogP contribution < -0.4 is 5.73 Å². The summed E-state index contributed by atoms with van der Waals surface area (Å²) in [6.07, 6.45) is 0.648. The van der Waals surface area contributed by atoms with Crippen LogP contribution in [0.15, 0.2) is 28.7 Å². The first-order valence-electron chi connectivity index (χ1n) is 4.71. The normalized spacial score (nSPS) is 12.8. The highest BCUT2D eigenvalue weighted by atomic mass is 79.9. The van der Waals surface area contributed by atoms with E-state index < -0.39 is 0 Å². The van der Waals surface area contributed by atoms with E-state index in [4.69, 9.17) is 5.73 Å². The number of rotatable bonds is 4. The molecule has 1 aromatic rings. The van der Waals surface area contributed by atoms with E-state index in [1.165, 1.54) is 0 Å². The molecule has 0 aliphatic carbocycles. The summed E-state index contributed by atoms with van der Waals surface area (Å²) in [7, 11) is 3.71. The minimum atomic E-state index is -0.289. The van der Waals surface area contributed by atoms with E-state index in [2.05, 4.69) is 15.9 Å². The van der Waals surface area contributed by atoms with Crippen LogP contribution in [0.5, 0.6) is 0 Å². The van der Waals surface area contributed by atoms with Crippen molar-refractivity contribution in [1.29, 1.82) is 0 Å². The number of likely N-dealkylation sites (N-methyl/N-ethyl adjacent to an activating group) is 1. The van der Waals surface area contributed by atoms with Crippen molar-refractivity contribution in [3.8, 4) is 0 Å². The molecule has 0 bridgehead atoms. The van der Waals surface area contributed by atoms with Gasteiger partial charge in [0, 0.05) is 4.47 Å². The molecule has 1 aromatic carbocycles. The Morgan fingerprint density at radius 1 is 1.40 bits per heavy atom. The molecule has 2 N–H and O–H groups in total. The lowest BCUT2D eigenvalue weighted by Gasteiger charge is -2.20. The predicted molar refractivity (Wildman–Crippen MR) is 64.5 cm³/mol. The van der Waals surface area contributed by atoms with Crippen LogP contribution in [0.1, 0.15) is 5.56 Å². The van der Waals surface area contributed by atoms with Gasteiger partial charge < -0.3 is 5.73 Å². The Labute approximate surface area is 98.4 Å². The molecule has 0 saturated carbocycles. The van der Waals surface area contributed by atoms with Gasteiger partial charge in [0.05, 0.1) is 6.04 Å². The minimum absolute atomic E-state index is 0.244. The summed E-state index contributed by atoms with van der Waals surface area (Å²) in [6.45, 7) is 0. The Balaban J connectivity index is 2.74. The van der Waals surface area contributed by atoms with Crippen LogP contribution >= 0.6 is 15.9 Å². The third-order valence-electron chi connectivity index (χ3n) is 2.29. The molecule has 0 fully saturated rings. The van der Waals surface area contributed by atoms with Crippen molar-refractivity contribution in [3.63, 3.8) is 0 Å². The molecule has 0 spiro atoms. The molecule has 0 aromatic heterocycles. The van der Waals surface area contributed by atoms with Crippen LogP contribution in [0.3, 0.4) is 0 Å². The summed E-state index contributed by atoms with van der Waals surface area (Å²) in [4.78, 5) is 13.0. The van der Waals surface area contributed by atoms with E-state index >= 15 is 0 Å². The zero-order chi connectivity index (χ0) is 11.4. The van der Waals surface area contributed by atoms with Gasteiger partial charge in [-0.2, -0.15) is 0 Å². The fraction of sp³-hybridized carbons (Fsp3) is 0.364. The molecule has 1 amide bonds. The average Bonchev–Trinajstić information content (AvgIpc) is 2.15. The first kappa shape index (κ1) is 12.2. The summed E-state index contributed by atoms with van der Waals surface area (Å²) >= 11 is 3.37. The molecule has 0 saturated heterocycles. The number of halogens is 1. The Bertz CT molecular complexity index is 335. The molecule has 1 rings (SSSR count). The monoisotopic (exact) mass is 270 g/mol. The van der Waals surface area contributed by atoms with Gasteiger partial charge >= 0.3 is 0 Å². The number of nitrogens with zero attached hydrogens (tertiary/aromatic N) is 1. The number of primary amides is 1. The van der Waals surface area contributed by atoms with Gasteiger partial charge in [-0.15, -0.1) is 0 Å². The van der Waals surface area contributed by atoms with Crippen molar-refractivity contribution in [1.82, 2.24) is 4.90 Å². The van der Waals surface area contributed by atoms with E-state index in [0.717, 1.165) is 10.0 Å². The summed E-state index contributed by atoms with van der Waals surface area (Å²) in [5.74, 6) is -0.289. The van der Waals surface area contributed by atoms with Gasteiger partial charge in [0.2, 0.25) is 5.91 Å². The second kappa shape index (κ2) is 5.28. The second-order valence-corrected chi connectivity index (χ2v) is 4.63. The Morgan fingerprint density at radius 3 is 2.33 bits per heavy atom. The molecule has 0 aliphatic rings. The van der Waals surface area contributed by atoms with E-state index in [1.54, 1.807) is 0 Å². The minimum Gasteiger partial charge on any atom is -0.368 e. The highest BCUT2D eigenvalue weighted by molar-refractivity contribution is 9.10. The number of hydrogen-bond donors (Lipinski definition) is 1. The SMILES string of the molecule is CN(C)[C@@H](Cc1ccc(Br)cc1)C(N)=O. The van der Waals surface area contributed by atoms with E-state index in [1.807, 2.05) is 43.3 Å². The van der Waals surface area contributed by atoms with E-state index in [-0.39, 0.29) is 11.9 Å². The molecule has 15 heavy (non-hydrogen) atoms. The zero-order valence-electron chi connectivity index (χ0n) is 8.90. The molecule has 1 atom stereocenters. The molecule has 0 aliphatic heterocycles. The summed E-state index contributed by atoms with van der Waals surface area (Å²) in [6, 6.07) is 7.66. The van der Waals surface area contributed by atoms with Gasteiger partial charge in [0.15, 0.2) is 0 Å². The summed E-state index contributed by atoms with van der Waals surface area (Å²) in [5.41, 5.74) is 6.43.